The fourth-order valence-electron chi connectivity index (χ4n) is 3.59. The first-order valence-electron chi connectivity index (χ1n) is 10.7. The van der Waals surface area contributed by atoms with Crippen molar-refractivity contribution in [2.45, 2.75) is 27.4 Å². The molecule has 0 radical (unpaired) electrons. The number of amides is 4. The van der Waals surface area contributed by atoms with Crippen LogP contribution in [0, 0.1) is 20.8 Å². The Bertz CT molecular complexity index is 1330. The molecule has 1 heterocycles. The lowest BCUT2D eigenvalue weighted by Crippen LogP contribution is -2.54. The molecule has 34 heavy (non-hydrogen) atoms. The average molecular weight is 519 g/mol. The average Bonchev–Trinajstić information content (AvgIpc) is 2.80. The Kier molecular flexibility index (Phi) is 6.65. The van der Waals surface area contributed by atoms with Gasteiger partial charge in [-0.25, -0.2) is 9.69 Å². The van der Waals surface area contributed by atoms with Crippen LogP contribution in [0.25, 0.3) is 6.08 Å². The second kappa shape index (κ2) is 9.65. The van der Waals surface area contributed by atoms with Crippen LogP contribution in [0.2, 0.25) is 0 Å². The van der Waals surface area contributed by atoms with E-state index < -0.39 is 17.8 Å². The first-order valence-corrected chi connectivity index (χ1v) is 11.5. The fraction of sp³-hybridized carbons (Fsp3) is 0.148. The molecular weight excluding hydrogens is 496 g/mol. The molecule has 3 aromatic rings. The lowest BCUT2D eigenvalue weighted by atomic mass is 10.0. The normalized spacial score (nSPS) is 15.0. The van der Waals surface area contributed by atoms with Crippen molar-refractivity contribution in [3.05, 3.63) is 98.5 Å². The van der Waals surface area contributed by atoms with Crippen LogP contribution in [0.5, 0.6) is 5.75 Å². The van der Waals surface area contributed by atoms with E-state index in [4.69, 9.17) is 4.74 Å². The highest BCUT2D eigenvalue weighted by atomic mass is 79.9. The molecule has 1 aliphatic heterocycles. The van der Waals surface area contributed by atoms with E-state index in [9.17, 15) is 14.4 Å². The second-order valence-corrected chi connectivity index (χ2v) is 9.00. The Morgan fingerprint density at radius 3 is 2.41 bits per heavy atom. The molecule has 1 N–H and O–H groups in total. The predicted molar refractivity (Wildman–Crippen MR) is 135 cm³/mol. The molecule has 0 atom stereocenters. The van der Waals surface area contributed by atoms with Crippen molar-refractivity contribution >= 4 is 45.5 Å². The van der Waals surface area contributed by atoms with Crippen LogP contribution in [-0.4, -0.2) is 17.8 Å². The molecule has 6 nitrogen and oxygen atoms in total. The van der Waals surface area contributed by atoms with Gasteiger partial charge in [-0.3, -0.25) is 14.9 Å². The maximum atomic E-state index is 13.2. The van der Waals surface area contributed by atoms with Gasteiger partial charge in [0.2, 0.25) is 0 Å². The largest absolute Gasteiger partial charge is 0.488 e. The van der Waals surface area contributed by atoms with Gasteiger partial charge in [-0.15, -0.1) is 0 Å². The van der Waals surface area contributed by atoms with E-state index in [1.165, 1.54) is 11.6 Å². The minimum atomic E-state index is -0.762. The van der Waals surface area contributed by atoms with Gasteiger partial charge in [-0.1, -0.05) is 48.0 Å². The summed E-state index contributed by atoms with van der Waals surface area (Å²) in [4.78, 5) is 39.2. The van der Waals surface area contributed by atoms with Gasteiger partial charge in [0.1, 0.15) is 17.9 Å². The third kappa shape index (κ3) is 4.79. The van der Waals surface area contributed by atoms with Gasteiger partial charge < -0.3 is 4.74 Å². The number of nitrogens with zero attached hydrogens (tertiary/aromatic N) is 1. The van der Waals surface area contributed by atoms with Crippen molar-refractivity contribution < 1.29 is 19.1 Å². The standard InChI is InChI=1S/C27H23BrN2O4/c1-16-7-9-19(10-8-16)15-34-24-12-11-20(14-22(24)28)13-21-25(31)29-27(33)30(26(21)32)23-6-4-5-17(2)18(23)3/h4-14H,15H2,1-3H3,(H,29,31,33)/b21-13+. The zero-order chi connectivity index (χ0) is 24.4. The molecule has 7 heteroatoms. The van der Waals surface area contributed by atoms with E-state index in [0.29, 0.717) is 28.1 Å². The summed E-state index contributed by atoms with van der Waals surface area (Å²) in [6, 6.07) is 17.9. The summed E-state index contributed by atoms with van der Waals surface area (Å²) in [7, 11) is 0. The Morgan fingerprint density at radius 1 is 0.971 bits per heavy atom. The monoisotopic (exact) mass is 518 g/mol. The molecule has 0 spiro atoms. The fourth-order valence-corrected chi connectivity index (χ4v) is 4.10. The molecule has 4 amide bonds. The third-order valence-corrected chi connectivity index (χ3v) is 6.32. The van der Waals surface area contributed by atoms with Crippen LogP contribution in [-0.2, 0) is 16.2 Å². The topological polar surface area (TPSA) is 75.7 Å². The lowest BCUT2D eigenvalue weighted by Gasteiger charge is -2.28. The second-order valence-electron chi connectivity index (χ2n) is 8.14. The molecule has 0 aromatic heterocycles. The predicted octanol–water partition coefficient (Wildman–Crippen LogP) is 5.62. The van der Waals surface area contributed by atoms with E-state index in [1.807, 2.05) is 51.1 Å². The van der Waals surface area contributed by atoms with Gasteiger partial charge in [0, 0.05) is 0 Å². The number of hydrogen-bond donors (Lipinski definition) is 1. The quantitative estimate of drug-likeness (QED) is 0.351. The Balaban J connectivity index is 1.58. The third-order valence-electron chi connectivity index (χ3n) is 5.70. The number of imide groups is 2. The number of barbiturate groups is 1. The molecule has 0 bridgehead atoms. The molecule has 4 rings (SSSR count). The maximum absolute atomic E-state index is 13.2. The van der Waals surface area contributed by atoms with Crippen LogP contribution in [0.1, 0.15) is 27.8 Å². The molecule has 1 aliphatic rings. The van der Waals surface area contributed by atoms with Gasteiger partial charge in [-0.05, 0) is 83.2 Å². The summed E-state index contributed by atoms with van der Waals surface area (Å²) in [5, 5.41) is 2.27. The molecule has 1 saturated heterocycles. The number of carbonyl (C=O) groups is 3. The summed E-state index contributed by atoms with van der Waals surface area (Å²) >= 11 is 3.50. The van der Waals surface area contributed by atoms with Crippen molar-refractivity contribution in [2.75, 3.05) is 4.90 Å². The molecule has 172 valence electrons. The van der Waals surface area contributed by atoms with E-state index in [-0.39, 0.29) is 5.57 Å². The van der Waals surface area contributed by atoms with E-state index in [0.717, 1.165) is 21.6 Å². The molecule has 0 unspecified atom stereocenters. The number of rotatable bonds is 5. The van der Waals surface area contributed by atoms with Crippen LogP contribution in [0.15, 0.2) is 70.7 Å². The number of urea groups is 1. The lowest BCUT2D eigenvalue weighted by molar-refractivity contribution is -0.122. The van der Waals surface area contributed by atoms with E-state index in [1.54, 1.807) is 30.3 Å². The van der Waals surface area contributed by atoms with Gasteiger partial charge in [0.25, 0.3) is 11.8 Å². The highest BCUT2D eigenvalue weighted by molar-refractivity contribution is 9.10. The molecule has 1 fully saturated rings. The summed E-state index contributed by atoms with van der Waals surface area (Å²) in [5.41, 5.74) is 4.89. The molecular formula is C27H23BrN2O4. The van der Waals surface area contributed by atoms with Gasteiger partial charge >= 0.3 is 6.03 Å². The van der Waals surface area contributed by atoms with Crippen LogP contribution in [0.3, 0.4) is 0 Å². The van der Waals surface area contributed by atoms with Gasteiger partial charge in [0.15, 0.2) is 0 Å². The minimum Gasteiger partial charge on any atom is -0.488 e. The van der Waals surface area contributed by atoms with Crippen LogP contribution in [0.4, 0.5) is 10.5 Å². The number of ether oxygens (including phenoxy) is 1. The molecule has 0 saturated carbocycles. The van der Waals surface area contributed by atoms with Gasteiger partial charge in [0.05, 0.1) is 10.2 Å². The SMILES string of the molecule is Cc1ccc(COc2ccc(/C=C3\C(=O)NC(=O)N(c4cccc(C)c4C)C3=O)cc2Br)cc1. The first-order chi connectivity index (χ1) is 16.2. The van der Waals surface area contributed by atoms with Crippen molar-refractivity contribution in [3.63, 3.8) is 0 Å². The number of anilines is 1. The zero-order valence-corrected chi connectivity index (χ0v) is 20.6. The first kappa shape index (κ1) is 23.4. The summed E-state index contributed by atoms with van der Waals surface area (Å²) in [6.45, 7) is 6.17. The van der Waals surface area contributed by atoms with Gasteiger partial charge in [-0.2, -0.15) is 0 Å². The van der Waals surface area contributed by atoms with Crippen LogP contribution < -0.4 is 15.0 Å². The molecule has 0 aliphatic carbocycles. The van der Waals surface area contributed by atoms with E-state index >= 15 is 0 Å². The Labute approximate surface area is 206 Å². The number of nitrogens with one attached hydrogen (secondary N) is 1. The Hall–Kier alpha value is -3.71. The van der Waals surface area contributed by atoms with Crippen LogP contribution >= 0.6 is 15.9 Å². The smallest absolute Gasteiger partial charge is 0.335 e. The number of benzene rings is 3. The summed E-state index contributed by atoms with van der Waals surface area (Å²) < 4.78 is 6.58. The number of halogens is 1. The number of aryl methyl sites for hydroxylation is 2. The van der Waals surface area contributed by atoms with Crippen molar-refractivity contribution in [1.82, 2.24) is 5.32 Å². The Morgan fingerprint density at radius 2 is 1.71 bits per heavy atom. The maximum Gasteiger partial charge on any atom is 0.335 e. The van der Waals surface area contributed by atoms with Crippen molar-refractivity contribution in [3.8, 4) is 5.75 Å². The number of hydrogen-bond acceptors (Lipinski definition) is 4. The highest BCUT2D eigenvalue weighted by Gasteiger charge is 2.37. The summed E-state index contributed by atoms with van der Waals surface area (Å²) in [5.74, 6) is -0.764. The highest BCUT2D eigenvalue weighted by Crippen LogP contribution is 2.30. The minimum absolute atomic E-state index is 0.124. The van der Waals surface area contributed by atoms with E-state index in [2.05, 4.69) is 21.2 Å². The zero-order valence-electron chi connectivity index (χ0n) is 19.0. The molecule has 3 aromatic carbocycles. The summed E-state index contributed by atoms with van der Waals surface area (Å²) in [6.07, 6.45) is 1.47. The van der Waals surface area contributed by atoms with Crippen molar-refractivity contribution in [1.29, 1.82) is 0 Å². The van der Waals surface area contributed by atoms with Crippen molar-refractivity contribution in [2.24, 2.45) is 0 Å². The number of carbonyl (C=O) groups excluding carboxylic acids is 3.